The molecule has 0 saturated carbocycles. The lowest BCUT2D eigenvalue weighted by Gasteiger charge is -2.28. The van der Waals surface area contributed by atoms with E-state index in [1.807, 2.05) is 42.5 Å². The molecule has 1 aliphatic rings. The van der Waals surface area contributed by atoms with Gasteiger partial charge in [-0.3, -0.25) is 0 Å². The van der Waals surface area contributed by atoms with Gasteiger partial charge in [-0.2, -0.15) is 0 Å². The fourth-order valence-electron chi connectivity index (χ4n) is 3.60. The van der Waals surface area contributed by atoms with E-state index in [0.717, 1.165) is 35.1 Å². The number of aliphatic hydroxyl groups is 2. The molecule has 4 nitrogen and oxygen atoms in total. The lowest BCUT2D eigenvalue weighted by Crippen LogP contribution is -2.19. The number of nitrogens with one attached hydrogen (secondary N) is 1. The summed E-state index contributed by atoms with van der Waals surface area (Å²) in [6.07, 6.45) is 0.794. The van der Waals surface area contributed by atoms with Crippen molar-refractivity contribution in [3.63, 3.8) is 0 Å². The lowest BCUT2D eigenvalue weighted by atomic mass is 9.88. The van der Waals surface area contributed by atoms with Gasteiger partial charge in [0.2, 0.25) is 0 Å². The molecule has 0 amide bonds. The highest BCUT2D eigenvalue weighted by molar-refractivity contribution is 5.93. The molecule has 0 spiro atoms. The maximum atomic E-state index is 10.5. The molecular formula is C21H22N2O2. The summed E-state index contributed by atoms with van der Waals surface area (Å²) >= 11 is 0. The van der Waals surface area contributed by atoms with Crippen LogP contribution in [0, 0.1) is 0 Å². The van der Waals surface area contributed by atoms with Gasteiger partial charge in [0.05, 0.1) is 29.1 Å². The van der Waals surface area contributed by atoms with Crippen molar-refractivity contribution in [1.82, 2.24) is 4.98 Å². The molecule has 0 saturated heterocycles. The van der Waals surface area contributed by atoms with Crippen LogP contribution in [0.25, 0.3) is 10.9 Å². The van der Waals surface area contributed by atoms with Crippen molar-refractivity contribution in [1.29, 1.82) is 0 Å². The van der Waals surface area contributed by atoms with Crippen LogP contribution in [0.15, 0.2) is 54.6 Å². The molecule has 0 radical (unpaired) electrons. The zero-order valence-electron chi connectivity index (χ0n) is 14.0. The van der Waals surface area contributed by atoms with Crippen LogP contribution in [0.5, 0.6) is 0 Å². The highest BCUT2D eigenvalue weighted by atomic mass is 16.3. The van der Waals surface area contributed by atoms with E-state index in [-0.39, 0.29) is 0 Å². The fraction of sp³-hybridized carbons (Fsp3) is 0.286. The molecule has 1 aliphatic carbocycles. The number of aromatic nitrogens is 1. The van der Waals surface area contributed by atoms with E-state index in [1.165, 1.54) is 5.56 Å². The second kappa shape index (κ2) is 6.82. The van der Waals surface area contributed by atoms with Gasteiger partial charge in [0.25, 0.3) is 0 Å². The van der Waals surface area contributed by atoms with Crippen LogP contribution in [0.2, 0.25) is 0 Å². The number of pyridine rings is 1. The number of anilines is 1. The van der Waals surface area contributed by atoms with Gasteiger partial charge in [-0.15, -0.1) is 0 Å². The summed E-state index contributed by atoms with van der Waals surface area (Å²) in [5, 5.41) is 25.4. The maximum absolute atomic E-state index is 10.5. The summed E-state index contributed by atoms with van der Waals surface area (Å²) in [7, 11) is 0. The van der Waals surface area contributed by atoms with Gasteiger partial charge in [-0.1, -0.05) is 48.5 Å². The molecule has 0 bridgehead atoms. The number of para-hydroxylation sites is 1. The van der Waals surface area contributed by atoms with Gasteiger partial charge >= 0.3 is 0 Å². The molecule has 3 N–H and O–H groups in total. The Morgan fingerprint density at radius 2 is 1.64 bits per heavy atom. The Morgan fingerprint density at radius 1 is 0.920 bits per heavy atom. The molecule has 2 aromatic carbocycles. The molecule has 128 valence electrons. The Labute approximate surface area is 147 Å². The summed E-state index contributed by atoms with van der Waals surface area (Å²) in [5.74, 6) is 0. The van der Waals surface area contributed by atoms with Crippen LogP contribution in [0.1, 0.15) is 41.9 Å². The van der Waals surface area contributed by atoms with Crippen molar-refractivity contribution in [2.75, 3.05) is 11.9 Å². The number of aliphatic hydroxyl groups excluding tert-OH is 2. The van der Waals surface area contributed by atoms with Gasteiger partial charge in [-0.05, 0) is 30.9 Å². The van der Waals surface area contributed by atoms with E-state index < -0.39 is 12.2 Å². The molecule has 4 rings (SSSR count). The number of fused-ring (bicyclic) bond motifs is 2. The van der Waals surface area contributed by atoms with E-state index in [0.29, 0.717) is 18.5 Å². The molecule has 0 fully saturated rings. The predicted molar refractivity (Wildman–Crippen MR) is 99.5 cm³/mol. The normalized spacial score (nSPS) is 19.6. The largest absolute Gasteiger partial charge is 0.388 e. The van der Waals surface area contributed by atoms with Gasteiger partial charge < -0.3 is 15.5 Å². The second-order valence-corrected chi connectivity index (χ2v) is 6.57. The first-order chi connectivity index (χ1) is 12.2. The van der Waals surface area contributed by atoms with Crippen LogP contribution >= 0.6 is 0 Å². The topological polar surface area (TPSA) is 65.4 Å². The molecule has 4 heteroatoms. The summed E-state index contributed by atoms with van der Waals surface area (Å²) in [4.78, 5) is 4.62. The number of benzene rings is 2. The maximum Gasteiger partial charge on any atom is 0.0965 e. The number of hydrogen-bond acceptors (Lipinski definition) is 4. The predicted octanol–water partition coefficient (Wildman–Crippen LogP) is 3.75. The van der Waals surface area contributed by atoms with Gasteiger partial charge in [0.15, 0.2) is 0 Å². The molecule has 1 aromatic heterocycles. The highest BCUT2D eigenvalue weighted by Gasteiger charge is 2.30. The minimum Gasteiger partial charge on any atom is -0.388 e. The smallest absolute Gasteiger partial charge is 0.0965 e. The van der Waals surface area contributed by atoms with E-state index in [4.69, 9.17) is 0 Å². The zero-order valence-corrected chi connectivity index (χ0v) is 14.0. The van der Waals surface area contributed by atoms with Crippen LogP contribution in [0.3, 0.4) is 0 Å². The molecular weight excluding hydrogens is 312 g/mol. The summed E-state index contributed by atoms with van der Waals surface area (Å²) in [6.45, 7) is 0.757. The highest BCUT2D eigenvalue weighted by Crippen LogP contribution is 2.42. The van der Waals surface area contributed by atoms with Crippen LogP contribution in [-0.4, -0.2) is 21.7 Å². The molecule has 2 atom stereocenters. The second-order valence-electron chi connectivity index (χ2n) is 6.57. The van der Waals surface area contributed by atoms with Crippen molar-refractivity contribution in [3.8, 4) is 0 Å². The summed E-state index contributed by atoms with van der Waals surface area (Å²) in [6, 6.07) is 18.2. The third-order valence-corrected chi connectivity index (χ3v) is 4.88. The average molecular weight is 334 g/mol. The van der Waals surface area contributed by atoms with E-state index in [1.54, 1.807) is 0 Å². The Morgan fingerprint density at radius 3 is 2.48 bits per heavy atom. The minimum absolute atomic E-state index is 0.545. The van der Waals surface area contributed by atoms with E-state index >= 15 is 0 Å². The number of rotatable bonds is 4. The van der Waals surface area contributed by atoms with Crippen LogP contribution in [-0.2, 0) is 6.42 Å². The van der Waals surface area contributed by atoms with Crippen molar-refractivity contribution >= 4 is 16.6 Å². The summed E-state index contributed by atoms with van der Waals surface area (Å²) in [5.41, 5.74) is 4.38. The van der Waals surface area contributed by atoms with Gasteiger partial charge in [-0.25, -0.2) is 4.98 Å². The van der Waals surface area contributed by atoms with Crippen LogP contribution in [0.4, 0.5) is 5.69 Å². The standard InChI is InChI=1S/C21H22N2O2/c24-17-10-11-18(25)21-19(17)20(15-8-4-5-9-16(15)23-21)22-13-12-14-6-2-1-3-7-14/h1-9,17-18,24-25H,10-13H2,(H,22,23). The van der Waals surface area contributed by atoms with Gasteiger partial charge in [0, 0.05) is 17.5 Å². The molecule has 2 unspecified atom stereocenters. The Balaban J connectivity index is 1.72. The lowest BCUT2D eigenvalue weighted by molar-refractivity contribution is 0.0883. The Hall–Kier alpha value is -2.43. The third kappa shape index (κ3) is 3.11. The molecule has 25 heavy (non-hydrogen) atoms. The van der Waals surface area contributed by atoms with Gasteiger partial charge in [0.1, 0.15) is 0 Å². The first-order valence-corrected chi connectivity index (χ1v) is 8.80. The van der Waals surface area contributed by atoms with Crippen molar-refractivity contribution in [2.45, 2.75) is 31.5 Å². The quantitative estimate of drug-likeness (QED) is 0.680. The Kier molecular flexibility index (Phi) is 4.38. The Bertz CT molecular complexity index is 880. The SMILES string of the molecule is OC1CCC(O)c2c1nc1ccccc1c2NCCc1ccccc1. The first kappa shape index (κ1) is 16.1. The van der Waals surface area contributed by atoms with E-state index in [9.17, 15) is 10.2 Å². The zero-order chi connectivity index (χ0) is 17.2. The average Bonchev–Trinajstić information content (AvgIpc) is 2.65. The van der Waals surface area contributed by atoms with E-state index in [2.05, 4.69) is 22.4 Å². The molecule has 1 heterocycles. The first-order valence-electron chi connectivity index (χ1n) is 8.80. The molecule has 0 aliphatic heterocycles. The third-order valence-electron chi connectivity index (χ3n) is 4.88. The minimum atomic E-state index is -0.613. The van der Waals surface area contributed by atoms with Crippen LogP contribution < -0.4 is 5.32 Å². The number of nitrogens with zero attached hydrogens (tertiary/aromatic N) is 1. The van der Waals surface area contributed by atoms with Crippen molar-refractivity contribution in [2.24, 2.45) is 0 Å². The summed E-state index contributed by atoms with van der Waals surface area (Å²) < 4.78 is 0. The monoisotopic (exact) mass is 334 g/mol. The van der Waals surface area contributed by atoms with Crippen molar-refractivity contribution in [3.05, 3.63) is 71.4 Å². The molecule has 3 aromatic rings. The number of hydrogen-bond donors (Lipinski definition) is 3. The fourth-order valence-corrected chi connectivity index (χ4v) is 3.60. The van der Waals surface area contributed by atoms with Crippen molar-refractivity contribution < 1.29 is 10.2 Å².